The number of fused-ring (bicyclic) bond motifs is 5. The zero-order valence-electron chi connectivity index (χ0n) is 9.04. The lowest BCUT2D eigenvalue weighted by Gasteiger charge is -2.28. The number of hydrogen-bond acceptors (Lipinski definition) is 5. The Hall–Kier alpha value is -1.21. The first-order valence-electron chi connectivity index (χ1n) is 5.27. The third-order valence-electron chi connectivity index (χ3n) is 3.67. The molecule has 1 saturated heterocycles. The van der Waals surface area contributed by atoms with E-state index >= 15 is 0 Å². The summed E-state index contributed by atoms with van der Waals surface area (Å²) in [7, 11) is -3.67. The molecule has 7 heteroatoms. The fourth-order valence-electron chi connectivity index (χ4n) is 3.23. The zero-order valence-corrected chi connectivity index (χ0v) is 9.86. The molecular formula is C10H11NO5S. The minimum atomic E-state index is -3.67. The maximum absolute atomic E-state index is 11.7. The van der Waals surface area contributed by atoms with Crippen LogP contribution in [0.4, 0.5) is 0 Å². The van der Waals surface area contributed by atoms with Crippen LogP contribution in [0.3, 0.4) is 0 Å². The fourth-order valence-corrected chi connectivity index (χ4v) is 4.02. The first kappa shape index (κ1) is 10.9. The van der Waals surface area contributed by atoms with Crippen molar-refractivity contribution < 1.29 is 22.2 Å². The molecule has 17 heavy (non-hydrogen) atoms. The molecule has 0 spiro atoms. The lowest BCUT2D eigenvalue weighted by atomic mass is 9.83. The monoisotopic (exact) mass is 257 g/mol. The van der Waals surface area contributed by atoms with Crippen molar-refractivity contribution in [1.29, 1.82) is 0 Å². The Morgan fingerprint density at radius 1 is 1.41 bits per heavy atom. The number of amides is 2. The maximum Gasteiger partial charge on any atom is 0.265 e. The molecule has 0 aromatic heterocycles. The van der Waals surface area contributed by atoms with Crippen LogP contribution in [0.5, 0.6) is 0 Å². The summed E-state index contributed by atoms with van der Waals surface area (Å²) < 4.78 is 27.6. The van der Waals surface area contributed by atoms with Crippen LogP contribution in [0.25, 0.3) is 0 Å². The Kier molecular flexibility index (Phi) is 1.90. The summed E-state index contributed by atoms with van der Waals surface area (Å²) in [4.78, 5) is 23.3. The van der Waals surface area contributed by atoms with Gasteiger partial charge in [-0.2, -0.15) is 8.42 Å². The van der Waals surface area contributed by atoms with Crippen LogP contribution in [0.15, 0.2) is 12.2 Å². The molecule has 2 fully saturated rings. The number of nitrogens with one attached hydrogen (secondary N) is 1. The van der Waals surface area contributed by atoms with E-state index in [-0.39, 0.29) is 11.8 Å². The molecule has 1 aliphatic heterocycles. The normalized spacial score (nSPS) is 43.0. The van der Waals surface area contributed by atoms with Crippen molar-refractivity contribution in [2.24, 2.45) is 17.8 Å². The molecule has 1 saturated carbocycles. The van der Waals surface area contributed by atoms with E-state index in [2.05, 4.69) is 5.32 Å². The van der Waals surface area contributed by atoms with Crippen LogP contribution < -0.4 is 5.32 Å². The average molecular weight is 257 g/mol. The number of allylic oxidation sites excluding steroid dienone is 1. The van der Waals surface area contributed by atoms with Gasteiger partial charge in [0.05, 0.1) is 18.1 Å². The van der Waals surface area contributed by atoms with Gasteiger partial charge in [0, 0.05) is 0 Å². The maximum atomic E-state index is 11.7. The summed E-state index contributed by atoms with van der Waals surface area (Å²) in [5.74, 6) is -2.05. The highest BCUT2D eigenvalue weighted by molar-refractivity contribution is 7.86. The highest BCUT2D eigenvalue weighted by atomic mass is 32.2. The van der Waals surface area contributed by atoms with Crippen molar-refractivity contribution in [3.05, 3.63) is 12.2 Å². The highest BCUT2D eigenvalue weighted by Gasteiger charge is 2.65. The number of imide groups is 1. The lowest BCUT2D eigenvalue weighted by molar-refractivity contribution is -0.127. The van der Waals surface area contributed by atoms with Crippen molar-refractivity contribution in [3.8, 4) is 0 Å². The summed E-state index contributed by atoms with van der Waals surface area (Å²) in [5, 5.41) is 2.24. The second-order valence-corrected chi connectivity index (χ2v) is 6.40. The molecule has 0 aromatic carbocycles. The topological polar surface area (TPSA) is 89.5 Å². The number of carbonyl (C=O) groups excluding carboxylic acids is 2. The first-order chi connectivity index (χ1) is 7.82. The molecule has 3 aliphatic rings. The SMILES string of the molecule is CS(=O)(=O)OC12C=CC(C1)C1C(=O)NC(=O)C12. The van der Waals surface area contributed by atoms with Gasteiger partial charge in [-0.15, -0.1) is 0 Å². The van der Waals surface area contributed by atoms with E-state index in [4.69, 9.17) is 4.18 Å². The summed E-state index contributed by atoms with van der Waals surface area (Å²) >= 11 is 0. The molecule has 6 nitrogen and oxygen atoms in total. The largest absolute Gasteiger partial charge is 0.296 e. The van der Waals surface area contributed by atoms with Crippen molar-refractivity contribution >= 4 is 21.9 Å². The molecule has 92 valence electrons. The number of hydrogen-bond donors (Lipinski definition) is 1. The molecule has 2 amide bonds. The van der Waals surface area contributed by atoms with Gasteiger partial charge in [0.15, 0.2) is 0 Å². The smallest absolute Gasteiger partial charge is 0.265 e. The lowest BCUT2D eigenvalue weighted by Crippen LogP contribution is -2.41. The van der Waals surface area contributed by atoms with Gasteiger partial charge >= 0.3 is 0 Å². The van der Waals surface area contributed by atoms with Gasteiger partial charge in [-0.1, -0.05) is 12.2 Å². The molecule has 1 N–H and O–H groups in total. The summed E-state index contributed by atoms with van der Waals surface area (Å²) in [6, 6.07) is 0. The van der Waals surface area contributed by atoms with Gasteiger partial charge in [-0.3, -0.25) is 19.1 Å². The summed E-state index contributed by atoms with van der Waals surface area (Å²) in [5.41, 5.74) is -1.15. The van der Waals surface area contributed by atoms with Crippen LogP contribution in [0, 0.1) is 17.8 Å². The molecule has 4 atom stereocenters. The fraction of sp³-hybridized carbons (Fsp3) is 0.600. The van der Waals surface area contributed by atoms with Gasteiger partial charge < -0.3 is 0 Å². The van der Waals surface area contributed by atoms with Crippen LogP contribution in [-0.2, 0) is 23.9 Å². The van der Waals surface area contributed by atoms with Crippen molar-refractivity contribution in [2.75, 3.05) is 6.26 Å². The van der Waals surface area contributed by atoms with E-state index in [0.29, 0.717) is 6.42 Å². The van der Waals surface area contributed by atoms with E-state index in [0.717, 1.165) is 6.26 Å². The van der Waals surface area contributed by atoms with Crippen LogP contribution in [-0.4, -0.2) is 32.1 Å². The second kappa shape index (κ2) is 2.97. The second-order valence-electron chi connectivity index (χ2n) is 4.83. The summed E-state index contributed by atoms with van der Waals surface area (Å²) in [6.45, 7) is 0. The van der Waals surface area contributed by atoms with E-state index in [1.165, 1.54) is 0 Å². The molecule has 2 bridgehead atoms. The number of carbonyl (C=O) groups is 2. The van der Waals surface area contributed by atoms with Gasteiger partial charge in [0.2, 0.25) is 11.8 Å². The molecule has 3 rings (SSSR count). The first-order valence-corrected chi connectivity index (χ1v) is 7.09. The van der Waals surface area contributed by atoms with Crippen molar-refractivity contribution in [3.63, 3.8) is 0 Å². The Morgan fingerprint density at radius 2 is 2.12 bits per heavy atom. The van der Waals surface area contributed by atoms with Gasteiger partial charge in [-0.25, -0.2) is 0 Å². The van der Waals surface area contributed by atoms with E-state index in [1.54, 1.807) is 12.2 Å². The van der Waals surface area contributed by atoms with E-state index in [9.17, 15) is 18.0 Å². The molecule has 0 radical (unpaired) electrons. The highest BCUT2D eigenvalue weighted by Crippen LogP contribution is 2.55. The standard InChI is InChI=1S/C10H11NO5S/c1-17(14,15)16-10-3-2-5(4-10)6-7(10)9(13)11-8(6)12/h2-3,5-7H,4H2,1H3,(H,11,12,13). The zero-order chi connectivity index (χ0) is 12.4. The minimum absolute atomic E-state index is 0.104. The molecular weight excluding hydrogens is 246 g/mol. The quantitative estimate of drug-likeness (QED) is 0.396. The van der Waals surface area contributed by atoms with Crippen LogP contribution >= 0.6 is 0 Å². The molecule has 4 unspecified atom stereocenters. The Morgan fingerprint density at radius 3 is 2.76 bits per heavy atom. The van der Waals surface area contributed by atoms with Crippen molar-refractivity contribution in [2.45, 2.75) is 12.0 Å². The Bertz CT molecular complexity index is 551. The van der Waals surface area contributed by atoms with Crippen LogP contribution in [0.2, 0.25) is 0 Å². The predicted octanol–water partition coefficient (Wildman–Crippen LogP) is -0.820. The third kappa shape index (κ3) is 1.39. The molecule has 2 aliphatic carbocycles. The van der Waals surface area contributed by atoms with E-state index in [1.807, 2.05) is 0 Å². The average Bonchev–Trinajstić information content (AvgIpc) is 2.75. The number of rotatable bonds is 2. The predicted molar refractivity (Wildman–Crippen MR) is 56.0 cm³/mol. The van der Waals surface area contributed by atoms with Gasteiger partial charge in [0.25, 0.3) is 10.1 Å². The van der Waals surface area contributed by atoms with E-state index < -0.39 is 33.5 Å². The summed E-state index contributed by atoms with van der Waals surface area (Å²) in [6.07, 6.45) is 4.71. The molecule has 0 aromatic rings. The minimum Gasteiger partial charge on any atom is -0.296 e. The molecule has 1 heterocycles. The third-order valence-corrected chi connectivity index (χ3v) is 4.28. The van der Waals surface area contributed by atoms with Crippen molar-refractivity contribution in [1.82, 2.24) is 5.32 Å². The van der Waals surface area contributed by atoms with Crippen LogP contribution in [0.1, 0.15) is 6.42 Å². The van der Waals surface area contributed by atoms with Gasteiger partial charge in [-0.05, 0) is 12.3 Å². The van der Waals surface area contributed by atoms with Gasteiger partial charge in [0.1, 0.15) is 5.60 Å². The Balaban J connectivity index is 2.05. The Labute approximate surface area is 98.1 Å².